The lowest BCUT2D eigenvalue weighted by Gasteiger charge is -2.14. The van der Waals surface area contributed by atoms with Crippen molar-refractivity contribution in [2.45, 2.75) is 0 Å². The van der Waals surface area contributed by atoms with Crippen LogP contribution in [0.1, 0.15) is 4.88 Å². The number of nitrogens with one attached hydrogen (secondary N) is 1. The lowest BCUT2D eigenvalue weighted by molar-refractivity contribution is 1.07. The topological polar surface area (TPSA) is 63.6 Å². The molecule has 3 aromatic heterocycles. The van der Waals surface area contributed by atoms with Gasteiger partial charge in [0.15, 0.2) is 17.5 Å². The summed E-state index contributed by atoms with van der Waals surface area (Å²) in [6.45, 7) is 0.835. The number of hydrogen-bond donors (Lipinski definition) is 1. The molecule has 0 bridgehead atoms. The average Bonchev–Trinajstić information content (AvgIpc) is 3.54. The number of nitrogens with zero attached hydrogens (tertiary/aromatic N) is 4. The molecule has 47 heavy (non-hydrogen) atoms. The van der Waals surface area contributed by atoms with E-state index < -0.39 is 0 Å². The maximum Gasteiger partial charge on any atom is 0.164 e. The van der Waals surface area contributed by atoms with E-state index in [0.717, 1.165) is 56.4 Å². The van der Waals surface area contributed by atoms with Crippen LogP contribution in [0.5, 0.6) is 0 Å². The first-order valence-corrected chi connectivity index (χ1v) is 16.4. The average molecular weight is 622 g/mol. The first-order valence-electron chi connectivity index (χ1n) is 15.6. The largest absolute Gasteiger partial charge is 0.380 e. The van der Waals surface area contributed by atoms with Crippen LogP contribution in [0.25, 0.3) is 83.5 Å². The van der Waals surface area contributed by atoms with Crippen LogP contribution >= 0.6 is 11.3 Å². The number of anilines is 1. The molecule has 0 atom stereocenters. The van der Waals surface area contributed by atoms with Crippen molar-refractivity contribution in [3.63, 3.8) is 0 Å². The van der Waals surface area contributed by atoms with Crippen molar-refractivity contribution in [1.29, 1.82) is 0 Å². The summed E-state index contributed by atoms with van der Waals surface area (Å²) in [5, 5.41) is 7.14. The normalized spacial score (nSPS) is 12.3. The Morgan fingerprint density at radius 2 is 1.15 bits per heavy atom. The monoisotopic (exact) mass is 621 g/mol. The van der Waals surface area contributed by atoms with Gasteiger partial charge in [-0.2, -0.15) is 0 Å². The molecule has 1 N–H and O–H groups in total. The summed E-state index contributed by atoms with van der Waals surface area (Å²) in [5.74, 6) is 1.95. The van der Waals surface area contributed by atoms with Crippen LogP contribution < -0.4 is 5.32 Å². The molecular weight excluding hydrogens is 595 g/mol. The molecule has 6 heteroatoms. The molecule has 0 radical (unpaired) electrons. The van der Waals surface area contributed by atoms with E-state index in [4.69, 9.17) is 19.9 Å². The third kappa shape index (κ3) is 4.87. The lowest BCUT2D eigenvalue weighted by atomic mass is 9.94. The number of hydrogen-bond acceptors (Lipinski definition) is 6. The van der Waals surface area contributed by atoms with Gasteiger partial charge in [-0.25, -0.2) is 15.0 Å². The van der Waals surface area contributed by atoms with E-state index in [9.17, 15) is 0 Å². The highest BCUT2D eigenvalue weighted by molar-refractivity contribution is 7.20. The standard InChI is InChI=1S/C41H27N5S/c1-3-10-27(11-4-1)39-44-40(28-12-5-2-6-13-28)46-41(45-39)29-21-19-26(20-22-29)30-14-7-15-32-31(30)23-25-43-37(32)33-16-8-17-34-36(33)38-35(47-34)18-9-24-42-38/h1-23,25,42H,24H2. The minimum Gasteiger partial charge on any atom is -0.380 e. The molecule has 5 aromatic carbocycles. The number of rotatable bonds is 5. The summed E-state index contributed by atoms with van der Waals surface area (Å²) in [5.41, 5.74) is 8.47. The van der Waals surface area contributed by atoms with E-state index in [0.29, 0.717) is 17.5 Å². The smallest absolute Gasteiger partial charge is 0.164 e. The SMILES string of the molecule is C1=Cc2sc3cccc(-c4nccc5c(-c6ccc(-c7nc(-c8ccccc8)nc(-c8ccccc8)n7)cc6)cccc45)c3c2NC1. The fourth-order valence-corrected chi connectivity index (χ4v) is 7.53. The Labute approximate surface area is 276 Å². The van der Waals surface area contributed by atoms with Crippen LogP contribution in [0.4, 0.5) is 5.69 Å². The number of pyridine rings is 1. The first kappa shape index (κ1) is 27.3. The molecule has 5 nitrogen and oxygen atoms in total. The van der Waals surface area contributed by atoms with E-state index in [-0.39, 0.29) is 0 Å². The Morgan fingerprint density at radius 3 is 1.85 bits per heavy atom. The third-order valence-electron chi connectivity index (χ3n) is 8.62. The Balaban J connectivity index is 1.14. The Kier molecular flexibility index (Phi) is 6.65. The van der Waals surface area contributed by atoms with Gasteiger partial charge in [-0.05, 0) is 34.7 Å². The summed E-state index contributed by atoms with van der Waals surface area (Å²) in [6, 6.07) is 43.8. The molecule has 0 unspecified atom stereocenters. The lowest BCUT2D eigenvalue weighted by Crippen LogP contribution is -2.02. The number of fused-ring (bicyclic) bond motifs is 4. The van der Waals surface area contributed by atoms with Crippen LogP contribution in [0.2, 0.25) is 0 Å². The summed E-state index contributed by atoms with van der Waals surface area (Å²) >= 11 is 1.82. The molecule has 9 rings (SSSR count). The van der Waals surface area contributed by atoms with Crippen molar-refractivity contribution >= 4 is 44.0 Å². The maximum absolute atomic E-state index is 4.95. The minimum atomic E-state index is 0.643. The second-order valence-electron chi connectivity index (χ2n) is 11.5. The Bertz CT molecular complexity index is 2390. The molecule has 0 saturated heterocycles. The fraction of sp³-hybridized carbons (Fsp3) is 0.0244. The van der Waals surface area contributed by atoms with Gasteiger partial charge in [0, 0.05) is 50.5 Å². The third-order valence-corrected chi connectivity index (χ3v) is 9.74. The zero-order valence-corrected chi connectivity index (χ0v) is 26.1. The predicted molar refractivity (Wildman–Crippen MR) is 195 cm³/mol. The summed E-state index contributed by atoms with van der Waals surface area (Å²) < 4.78 is 1.27. The molecule has 0 fully saturated rings. The molecule has 1 aliphatic heterocycles. The van der Waals surface area contributed by atoms with Crippen LogP contribution in [-0.4, -0.2) is 26.5 Å². The number of thiophene rings is 1. The van der Waals surface area contributed by atoms with Gasteiger partial charge in [0.1, 0.15) is 0 Å². The van der Waals surface area contributed by atoms with Crippen LogP contribution in [0.15, 0.2) is 140 Å². The van der Waals surface area contributed by atoms with Crippen molar-refractivity contribution in [1.82, 2.24) is 19.9 Å². The van der Waals surface area contributed by atoms with Crippen LogP contribution in [-0.2, 0) is 0 Å². The van der Waals surface area contributed by atoms with Crippen LogP contribution in [0.3, 0.4) is 0 Å². The van der Waals surface area contributed by atoms with Crippen LogP contribution in [0, 0.1) is 0 Å². The molecule has 0 amide bonds. The highest BCUT2D eigenvalue weighted by atomic mass is 32.1. The zero-order valence-electron chi connectivity index (χ0n) is 25.3. The van der Waals surface area contributed by atoms with Gasteiger partial charge in [0.05, 0.1) is 16.3 Å². The second-order valence-corrected chi connectivity index (χ2v) is 12.6. The predicted octanol–water partition coefficient (Wildman–Crippen LogP) is 10.4. The summed E-state index contributed by atoms with van der Waals surface area (Å²) in [4.78, 5) is 20.9. The van der Waals surface area contributed by atoms with Gasteiger partial charge in [-0.15, -0.1) is 11.3 Å². The maximum atomic E-state index is 4.95. The minimum absolute atomic E-state index is 0.643. The molecule has 222 valence electrons. The van der Waals surface area contributed by atoms with E-state index in [1.165, 1.54) is 20.7 Å². The Morgan fingerprint density at radius 1 is 0.532 bits per heavy atom. The van der Waals surface area contributed by atoms with E-state index in [1.807, 2.05) is 78.2 Å². The molecule has 0 aliphatic carbocycles. The van der Waals surface area contributed by atoms with Crippen molar-refractivity contribution < 1.29 is 0 Å². The van der Waals surface area contributed by atoms with Gasteiger partial charge < -0.3 is 5.32 Å². The second kappa shape index (κ2) is 11.4. The fourth-order valence-electron chi connectivity index (χ4n) is 6.39. The highest BCUT2D eigenvalue weighted by Crippen LogP contribution is 2.45. The summed E-state index contributed by atoms with van der Waals surface area (Å²) in [7, 11) is 0. The highest BCUT2D eigenvalue weighted by Gasteiger charge is 2.19. The quantitative estimate of drug-likeness (QED) is 0.207. The summed E-state index contributed by atoms with van der Waals surface area (Å²) in [6.07, 6.45) is 6.33. The Hall–Kier alpha value is -5.98. The van der Waals surface area contributed by atoms with Gasteiger partial charge in [-0.3, -0.25) is 4.98 Å². The molecular formula is C41H27N5S. The molecule has 4 heterocycles. The van der Waals surface area contributed by atoms with Crippen molar-refractivity contribution in [2.75, 3.05) is 11.9 Å². The first-order chi connectivity index (χ1) is 23.3. The molecule has 8 aromatic rings. The molecule has 1 aliphatic rings. The van der Waals surface area contributed by atoms with Crippen molar-refractivity contribution in [3.8, 4) is 56.5 Å². The number of aromatic nitrogens is 4. The van der Waals surface area contributed by atoms with Crippen molar-refractivity contribution in [2.24, 2.45) is 0 Å². The molecule has 0 saturated carbocycles. The zero-order chi connectivity index (χ0) is 31.2. The molecule has 0 spiro atoms. The van der Waals surface area contributed by atoms with Gasteiger partial charge in [0.25, 0.3) is 0 Å². The van der Waals surface area contributed by atoms with E-state index in [2.05, 4.69) is 84.2 Å². The van der Waals surface area contributed by atoms with E-state index >= 15 is 0 Å². The number of benzene rings is 5. The van der Waals surface area contributed by atoms with Gasteiger partial charge in [0.2, 0.25) is 0 Å². The van der Waals surface area contributed by atoms with Crippen molar-refractivity contribution in [3.05, 3.63) is 145 Å². The van der Waals surface area contributed by atoms with Gasteiger partial charge >= 0.3 is 0 Å². The van der Waals surface area contributed by atoms with E-state index in [1.54, 1.807) is 0 Å². The van der Waals surface area contributed by atoms with Gasteiger partial charge in [-0.1, -0.05) is 121 Å².